The number of carbonyl (C=O) groups excluding carboxylic acids is 2. The third kappa shape index (κ3) is 7.41. The molecule has 40 heavy (non-hydrogen) atoms. The molecule has 0 N–H and O–H groups in total. The molecule has 208 valence electrons. The molecule has 0 spiro atoms. The van der Waals surface area contributed by atoms with Gasteiger partial charge in [0, 0.05) is 36.6 Å². The second-order valence-corrected chi connectivity index (χ2v) is 10.3. The summed E-state index contributed by atoms with van der Waals surface area (Å²) in [6.07, 6.45) is 2.79. The fraction of sp³-hybridized carbons (Fsp3) is 0.294. The van der Waals surface area contributed by atoms with E-state index in [1.807, 2.05) is 111 Å². The lowest BCUT2D eigenvalue weighted by atomic mass is 10.1. The van der Waals surface area contributed by atoms with Crippen LogP contribution in [-0.4, -0.2) is 45.9 Å². The maximum atomic E-state index is 14.0. The van der Waals surface area contributed by atoms with E-state index in [-0.39, 0.29) is 24.4 Å². The first kappa shape index (κ1) is 28.7. The lowest BCUT2D eigenvalue weighted by Gasteiger charge is -2.31. The number of hydrogen-bond donors (Lipinski definition) is 0. The van der Waals surface area contributed by atoms with Crippen LogP contribution in [0.2, 0.25) is 0 Å². The molecule has 2 amide bonds. The number of methoxy groups -OCH3 is 1. The first-order chi connectivity index (χ1) is 19.4. The predicted octanol–water partition coefficient (Wildman–Crippen LogP) is 6.32. The number of nitrogens with zero attached hydrogens (tertiary/aromatic N) is 3. The van der Waals surface area contributed by atoms with E-state index in [4.69, 9.17) is 4.74 Å². The lowest BCUT2D eigenvalue weighted by Crippen LogP contribution is -2.46. The van der Waals surface area contributed by atoms with Crippen LogP contribution in [0.25, 0.3) is 0 Å². The third-order valence-corrected chi connectivity index (χ3v) is 7.32. The van der Waals surface area contributed by atoms with E-state index in [0.717, 1.165) is 34.6 Å². The fourth-order valence-corrected chi connectivity index (χ4v) is 4.70. The minimum Gasteiger partial charge on any atom is -0.497 e. The Kier molecular flexibility index (Phi) is 9.79. The van der Waals surface area contributed by atoms with Crippen molar-refractivity contribution in [2.24, 2.45) is 0 Å². The van der Waals surface area contributed by atoms with Crippen molar-refractivity contribution in [2.45, 2.75) is 52.9 Å². The van der Waals surface area contributed by atoms with Crippen LogP contribution < -0.4 is 4.74 Å². The lowest BCUT2D eigenvalue weighted by molar-refractivity contribution is -0.133. The second kappa shape index (κ2) is 13.7. The molecule has 0 aliphatic heterocycles. The van der Waals surface area contributed by atoms with Gasteiger partial charge in [0.05, 0.1) is 13.7 Å². The summed E-state index contributed by atoms with van der Waals surface area (Å²) in [6, 6.07) is 29.5. The molecule has 0 fully saturated rings. The van der Waals surface area contributed by atoms with Gasteiger partial charge in [0.15, 0.2) is 0 Å². The summed E-state index contributed by atoms with van der Waals surface area (Å²) in [4.78, 5) is 31.1. The Morgan fingerprint density at radius 2 is 1.60 bits per heavy atom. The van der Waals surface area contributed by atoms with Crippen LogP contribution >= 0.6 is 0 Å². The van der Waals surface area contributed by atoms with Crippen molar-refractivity contribution in [1.82, 2.24) is 14.4 Å². The SMILES string of the molecule is CCC(C)N(CC(=O)N(Cc1ccccc1)Cc1cccn1Cc1cccc(OC)c1)C(=O)c1ccc(C)cc1. The van der Waals surface area contributed by atoms with Crippen molar-refractivity contribution in [1.29, 1.82) is 0 Å². The first-order valence-electron chi connectivity index (χ1n) is 13.8. The smallest absolute Gasteiger partial charge is 0.254 e. The van der Waals surface area contributed by atoms with Crippen molar-refractivity contribution in [3.63, 3.8) is 0 Å². The number of ether oxygens (including phenoxy) is 1. The van der Waals surface area contributed by atoms with E-state index < -0.39 is 0 Å². The van der Waals surface area contributed by atoms with Crippen LogP contribution in [0.4, 0.5) is 0 Å². The normalized spacial score (nSPS) is 11.6. The molecule has 0 bridgehead atoms. The minimum atomic E-state index is -0.122. The van der Waals surface area contributed by atoms with Gasteiger partial charge in [-0.25, -0.2) is 0 Å². The molecule has 6 nitrogen and oxygen atoms in total. The molecule has 1 atom stereocenters. The highest BCUT2D eigenvalue weighted by molar-refractivity contribution is 5.96. The number of aromatic nitrogens is 1. The van der Waals surface area contributed by atoms with Gasteiger partial charge in [-0.3, -0.25) is 9.59 Å². The summed E-state index contributed by atoms with van der Waals surface area (Å²) in [6.45, 7) is 7.60. The number of amides is 2. The topological polar surface area (TPSA) is 54.8 Å². The molecule has 0 aliphatic rings. The summed E-state index contributed by atoms with van der Waals surface area (Å²) in [5.41, 5.74) is 4.87. The number of aryl methyl sites for hydroxylation is 1. The number of carbonyl (C=O) groups is 2. The molecule has 6 heteroatoms. The molecule has 1 unspecified atom stereocenters. The van der Waals surface area contributed by atoms with Crippen molar-refractivity contribution >= 4 is 11.8 Å². The summed E-state index contributed by atoms with van der Waals surface area (Å²) >= 11 is 0. The van der Waals surface area contributed by atoms with Crippen molar-refractivity contribution in [3.8, 4) is 5.75 Å². The van der Waals surface area contributed by atoms with Crippen molar-refractivity contribution < 1.29 is 14.3 Å². The Hall–Kier alpha value is -4.32. The Labute approximate surface area is 237 Å². The van der Waals surface area contributed by atoms with Crippen LogP contribution in [0.15, 0.2) is 97.2 Å². The van der Waals surface area contributed by atoms with E-state index in [0.29, 0.717) is 25.2 Å². The molecular formula is C34H39N3O3. The average molecular weight is 538 g/mol. The zero-order chi connectivity index (χ0) is 28.5. The third-order valence-electron chi connectivity index (χ3n) is 7.32. The van der Waals surface area contributed by atoms with Gasteiger partial charge in [-0.1, -0.05) is 67.1 Å². The second-order valence-electron chi connectivity index (χ2n) is 10.3. The summed E-state index contributed by atoms with van der Waals surface area (Å²) < 4.78 is 7.55. The van der Waals surface area contributed by atoms with E-state index in [1.54, 1.807) is 12.0 Å². The summed E-state index contributed by atoms with van der Waals surface area (Å²) in [5, 5.41) is 0. The van der Waals surface area contributed by atoms with Gasteiger partial charge in [-0.05, 0) is 67.8 Å². The Bertz CT molecular complexity index is 1400. The molecule has 0 saturated carbocycles. The van der Waals surface area contributed by atoms with Crippen LogP contribution in [0.5, 0.6) is 5.75 Å². The van der Waals surface area contributed by atoms with E-state index in [1.165, 1.54) is 0 Å². The Morgan fingerprint density at radius 1 is 0.875 bits per heavy atom. The maximum Gasteiger partial charge on any atom is 0.254 e. The zero-order valence-electron chi connectivity index (χ0n) is 23.9. The molecule has 3 aromatic carbocycles. The first-order valence-corrected chi connectivity index (χ1v) is 13.8. The van der Waals surface area contributed by atoms with Crippen LogP contribution in [0.1, 0.15) is 53.0 Å². The number of benzene rings is 3. The molecule has 0 aliphatic carbocycles. The van der Waals surface area contributed by atoms with Gasteiger partial charge in [-0.2, -0.15) is 0 Å². The quantitative estimate of drug-likeness (QED) is 0.212. The monoisotopic (exact) mass is 537 g/mol. The highest BCUT2D eigenvalue weighted by Gasteiger charge is 2.26. The van der Waals surface area contributed by atoms with E-state index >= 15 is 0 Å². The summed E-state index contributed by atoms with van der Waals surface area (Å²) in [5.74, 6) is 0.609. The largest absolute Gasteiger partial charge is 0.497 e. The average Bonchev–Trinajstić information content (AvgIpc) is 3.41. The molecule has 0 radical (unpaired) electrons. The Morgan fingerprint density at radius 3 is 2.30 bits per heavy atom. The number of rotatable bonds is 12. The highest BCUT2D eigenvalue weighted by atomic mass is 16.5. The molecule has 4 rings (SSSR count). The van der Waals surface area contributed by atoms with Gasteiger partial charge in [0.25, 0.3) is 5.91 Å². The summed E-state index contributed by atoms with van der Waals surface area (Å²) in [7, 11) is 1.67. The van der Waals surface area contributed by atoms with Gasteiger partial charge < -0.3 is 19.1 Å². The number of hydrogen-bond acceptors (Lipinski definition) is 3. The van der Waals surface area contributed by atoms with Crippen molar-refractivity contribution in [2.75, 3.05) is 13.7 Å². The van der Waals surface area contributed by atoms with Crippen LogP contribution in [0, 0.1) is 6.92 Å². The van der Waals surface area contributed by atoms with Crippen LogP contribution in [-0.2, 0) is 24.4 Å². The van der Waals surface area contributed by atoms with Gasteiger partial charge >= 0.3 is 0 Å². The molecular weight excluding hydrogens is 498 g/mol. The molecule has 4 aromatic rings. The van der Waals surface area contributed by atoms with Gasteiger partial charge in [0.1, 0.15) is 12.3 Å². The van der Waals surface area contributed by atoms with Crippen molar-refractivity contribution in [3.05, 3.63) is 125 Å². The maximum absolute atomic E-state index is 14.0. The van der Waals surface area contributed by atoms with Gasteiger partial charge in [-0.15, -0.1) is 0 Å². The van der Waals surface area contributed by atoms with Crippen LogP contribution in [0.3, 0.4) is 0 Å². The standard InChI is InChI=1S/C34H39N3O3/c1-5-27(3)37(34(39)30-18-16-26(2)17-19-30)25-33(38)36(22-28-11-7-6-8-12-28)24-31-14-10-20-35(31)23-29-13-9-15-32(21-29)40-4/h6-21,27H,5,22-25H2,1-4H3. The van der Waals surface area contributed by atoms with E-state index in [9.17, 15) is 9.59 Å². The van der Waals surface area contributed by atoms with E-state index in [2.05, 4.69) is 16.7 Å². The Balaban J connectivity index is 1.58. The molecule has 1 heterocycles. The van der Waals surface area contributed by atoms with Gasteiger partial charge in [0.2, 0.25) is 5.91 Å². The fourth-order valence-electron chi connectivity index (χ4n) is 4.70. The molecule has 0 saturated heterocycles. The zero-order valence-corrected chi connectivity index (χ0v) is 23.9. The minimum absolute atomic E-state index is 0.0190. The highest BCUT2D eigenvalue weighted by Crippen LogP contribution is 2.18. The predicted molar refractivity (Wildman–Crippen MR) is 159 cm³/mol. The molecule has 1 aromatic heterocycles.